The highest BCUT2D eigenvalue weighted by Crippen LogP contribution is 2.25. The normalized spacial score (nSPS) is 10.7. The summed E-state index contributed by atoms with van der Waals surface area (Å²) in [5, 5.41) is 9.81. The fourth-order valence-corrected chi connectivity index (χ4v) is 2.46. The van der Waals surface area contributed by atoms with Gasteiger partial charge in [-0.25, -0.2) is 4.39 Å². The summed E-state index contributed by atoms with van der Waals surface area (Å²) in [6.45, 7) is 1.74. The van der Waals surface area contributed by atoms with Gasteiger partial charge >= 0.3 is 0 Å². The van der Waals surface area contributed by atoms with E-state index in [1.165, 1.54) is 17.4 Å². The molecule has 0 bridgehead atoms. The molecule has 1 heterocycles. The van der Waals surface area contributed by atoms with E-state index < -0.39 is 0 Å². The van der Waals surface area contributed by atoms with Crippen LogP contribution in [0.2, 0.25) is 0 Å². The van der Waals surface area contributed by atoms with Gasteiger partial charge < -0.3 is 0 Å². The van der Waals surface area contributed by atoms with Gasteiger partial charge in [0.15, 0.2) is 0 Å². The number of hydrogen-bond donors (Lipinski definition) is 0. The number of benzene rings is 1. The molecular weight excluding hydrogens is 247 g/mol. The maximum absolute atomic E-state index is 13.1. The summed E-state index contributed by atoms with van der Waals surface area (Å²) in [6.07, 6.45) is 0.722. The summed E-state index contributed by atoms with van der Waals surface area (Å²) in [5.41, 5.74) is 1.52. The highest BCUT2D eigenvalue weighted by molar-refractivity contribution is 7.14. The highest BCUT2D eigenvalue weighted by Gasteiger charge is 2.07. The summed E-state index contributed by atoms with van der Waals surface area (Å²) in [7, 11) is 0. The Labute approximate surface area is 102 Å². The first kappa shape index (κ1) is 11.5. The first-order valence-electron chi connectivity index (χ1n) is 4.85. The second-order valence-corrected chi connectivity index (χ2v) is 4.84. The van der Waals surface area contributed by atoms with Crippen LogP contribution in [-0.2, 0) is 6.42 Å². The van der Waals surface area contributed by atoms with E-state index in [1.807, 2.05) is 0 Å². The molecule has 0 aliphatic heterocycles. The number of halogens is 2. The van der Waals surface area contributed by atoms with E-state index in [-0.39, 0.29) is 5.82 Å². The van der Waals surface area contributed by atoms with Crippen LogP contribution in [0.5, 0.6) is 0 Å². The monoisotopic (exact) mass is 256 g/mol. The molecule has 2 rings (SSSR count). The molecule has 16 heavy (non-hydrogen) atoms. The van der Waals surface area contributed by atoms with Crippen LogP contribution in [0.3, 0.4) is 0 Å². The fraction of sp³-hybridized carbons (Fsp3) is 0.273. The predicted molar refractivity (Wildman–Crippen MR) is 64.5 cm³/mol. The van der Waals surface area contributed by atoms with E-state index >= 15 is 0 Å². The molecule has 0 saturated heterocycles. The molecule has 0 atom stereocenters. The number of aryl methyl sites for hydroxylation is 2. The Morgan fingerprint density at radius 3 is 2.88 bits per heavy atom. The zero-order valence-corrected chi connectivity index (χ0v) is 10.3. The minimum absolute atomic E-state index is 0.200. The molecule has 0 saturated carbocycles. The van der Waals surface area contributed by atoms with Gasteiger partial charge in [0.1, 0.15) is 15.8 Å². The average molecular weight is 257 g/mol. The summed E-state index contributed by atoms with van der Waals surface area (Å²) in [5.74, 6) is 0.339. The van der Waals surface area contributed by atoms with Gasteiger partial charge in [-0.2, -0.15) is 0 Å². The molecule has 0 spiro atoms. The number of alkyl halides is 1. The van der Waals surface area contributed by atoms with Gasteiger partial charge in [-0.15, -0.1) is 21.8 Å². The molecule has 2 nitrogen and oxygen atoms in total. The summed E-state index contributed by atoms with van der Waals surface area (Å²) in [6, 6.07) is 4.95. The quantitative estimate of drug-likeness (QED) is 0.787. The van der Waals surface area contributed by atoms with E-state index in [0.717, 1.165) is 22.0 Å². The Hall–Kier alpha value is -1.000. The molecule has 0 radical (unpaired) electrons. The molecule has 0 aliphatic carbocycles. The summed E-state index contributed by atoms with van der Waals surface area (Å²) in [4.78, 5) is 0. The number of hydrogen-bond acceptors (Lipinski definition) is 3. The third-order valence-electron chi connectivity index (χ3n) is 2.18. The van der Waals surface area contributed by atoms with Gasteiger partial charge in [0.05, 0.1) is 0 Å². The van der Waals surface area contributed by atoms with Crippen molar-refractivity contribution in [3.63, 3.8) is 0 Å². The lowest BCUT2D eigenvalue weighted by molar-refractivity contribution is 0.619. The maximum atomic E-state index is 13.1. The first-order valence-corrected chi connectivity index (χ1v) is 6.20. The second kappa shape index (κ2) is 4.89. The molecule has 5 heteroatoms. The van der Waals surface area contributed by atoms with Gasteiger partial charge in [0.2, 0.25) is 0 Å². The van der Waals surface area contributed by atoms with Gasteiger partial charge in [-0.1, -0.05) is 11.3 Å². The molecule has 0 N–H and O–H groups in total. The van der Waals surface area contributed by atoms with E-state index in [4.69, 9.17) is 11.6 Å². The van der Waals surface area contributed by atoms with E-state index in [1.54, 1.807) is 19.1 Å². The first-order chi connectivity index (χ1) is 7.70. The highest BCUT2D eigenvalue weighted by atomic mass is 35.5. The van der Waals surface area contributed by atoms with Gasteiger partial charge in [0.25, 0.3) is 0 Å². The van der Waals surface area contributed by atoms with Crippen molar-refractivity contribution in [1.29, 1.82) is 0 Å². The summed E-state index contributed by atoms with van der Waals surface area (Å²) < 4.78 is 13.1. The molecular formula is C11H10ClFN2S. The van der Waals surface area contributed by atoms with Crippen molar-refractivity contribution < 1.29 is 4.39 Å². The van der Waals surface area contributed by atoms with Crippen molar-refractivity contribution in [3.05, 3.63) is 34.6 Å². The molecule has 1 aromatic heterocycles. The van der Waals surface area contributed by atoms with Crippen LogP contribution in [0.25, 0.3) is 10.6 Å². The van der Waals surface area contributed by atoms with Crippen LogP contribution in [0.4, 0.5) is 4.39 Å². The van der Waals surface area contributed by atoms with Gasteiger partial charge in [-0.05, 0) is 30.7 Å². The molecule has 0 unspecified atom stereocenters. The number of aromatic nitrogens is 2. The lowest BCUT2D eigenvalue weighted by Crippen LogP contribution is -1.84. The predicted octanol–water partition coefficient (Wildman–Crippen LogP) is 3.43. The molecule has 0 amide bonds. The Morgan fingerprint density at radius 2 is 2.19 bits per heavy atom. The smallest absolute Gasteiger partial charge is 0.147 e. The Kier molecular flexibility index (Phi) is 3.51. The van der Waals surface area contributed by atoms with E-state index in [2.05, 4.69) is 10.2 Å². The molecule has 0 fully saturated rings. The van der Waals surface area contributed by atoms with Crippen molar-refractivity contribution in [2.75, 3.05) is 5.88 Å². The molecule has 1 aromatic carbocycles. The van der Waals surface area contributed by atoms with Gasteiger partial charge in [0, 0.05) is 17.9 Å². The SMILES string of the molecule is Cc1cc(-c2nnc(CCCl)s2)ccc1F. The standard InChI is InChI=1S/C11H10ClFN2S/c1-7-6-8(2-3-9(7)13)11-15-14-10(16-11)4-5-12/h2-3,6H,4-5H2,1H3. The zero-order chi connectivity index (χ0) is 11.5. The lowest BCUT2D eigenvalue weighted by Gasteiger charge is -1.98. The van der Waals surface area contributed by atoms with Crippen molar-refractivity contribution in [2.24, 2.45) is 0 Å². The van der Waals surface area contributed by atoms with E-state index in [0.29, 0.717) is 11.4 Å². The van der Waals surface area contributed by atoms with Crippen LogP contribution >= 0.6 is 22.9 Å². The largest absolute Gasteiger partial charge is 0.207 e. The van der Waals surface area contributed by atoms with Crippen LogP contribution in [0.15, 0.2) is 18.2 Å². The third-order valence-corrected chi connectivity index (χ3v) is 3.40. The fourth-order valence-electron chi connectivity index (χ4n) is 1.33. The second-order valence-electron chi connectivity index (χ2n) is 3.40. The van der Waals surface area contributed by atoms with Crippen molar-refractivity contribution >= 4 is 22.9 Å². The number of nitrogens with zero attached hydrogens (tertiary/aromatic N) is 2. The van der Waals surface area contributed by atoms with Crippen LogP contribution < -0.4 is 0 Å². The minimum atomic E-state index is -0.200. The lowest BCUT2D eigenvalue weighted by atomic mass is 10.1. The van der Waals surface area contributed by atoms with Crippen LogP contribution in [0.1, 0.15) is 10.6 Å². The van der Waals surface area contributed by atoms with Crippen LogP contribution in [0, 0.1) is 12.7 Å². The average Bonchev–Trinajstić information content (AvgIpc) is 2.71. The van der Waals surface area contributed by atoms with Crippen LogP contribution in [-0.4, -0.2) is 16.1 Å². The van der Waals surface area contributed by atoms with Crippen molar-refractivity contribution in [3.8, 4) is 10.6 Å². The minimum Gasteiger partial charge on any atom is -0.207 e. The third kappa shape index (κ3) is 2.39. The van der Waals surface area contributed by atoms with Crippen molar-refractivity contribution in [1.82, 2.24) is 10.2 Å². The maximum Gasteiger partial charge on any atom is 0.147 e. The summed E-state index contributed by atoms with van der Waals surface area (Å²) >= 11 is 7.12. The zero-order valence-electron chi connectivity index (χ0n) is 8.70. The van der Waals surface area contributed by atoms with Gasteiger partial charge in [-0.3, -0.25) is 0 Å². The molecule has 84 valence electrons. The Bertz CT molecular complexity index is 498. The Balaban J connectivity index is 2.31. The number of rotatable bonds is 3. The van der Waals surface area contributed by atoms with Crippen molar-refractivity contribution in [2.45, 2.75) is 13.3 Å². The van der Waals surface area contributed by atoms with E-state index in [9.17, 15) is 4.39 Å². The molecule has 0 aliphatic rings. The topological polar surface area (TPSA) is 25.8 Å². The Morgan fingerprint density at radius 1 is 1.38 bits per heavy atom. The molecule has 2 aromatic rings.